The molecule has 1 heterocycles. The summed E-state index contributed by atoms with van der Waals surface area (Å²) in [4.78, 5) is 37.6. The van der Waals surface area contributed by atoms with Crippen LogP contribution in [0, 0.1) is 5.92 Å². The van der Waals surface area contributed by atoms with Crippen molar-refractivity contribution < 1.29 is 24.0 Å². The fraction of sp³-hybridized carbons (Fsp3) is 0.667. The number of amides is 2. The van der Waals surface area contributed by atoms with Crippen LogP contribution in [-0.4, -0.2) is 29.6 Å². The summed E-state index contributed by atoms with van der Waals surface area (Å²) in [5.41, 5.74) is 0. The number of ether oxygens (including phenoxy) is 1. The van der Waals surface area contributed by atoms with Crippen molar-refractivity contribution in [2.75, 3.05) is 6.61 Å². The molecule has 0 aromatic carbocycles. The van der Waals surface area contributed by atoms with E-state index in [1.165, 1.54) is 0 Å². The lowest BCUT2D eigenvalue weighted by atomic mass is 10.4. The van der Waals surface area contributed by atoms with Crippen molar-refractivity contribution in [2.24, 2.45) is 5.92 Å². The lowest BCUT2D eigenvalue weighted by Crippen LogP contribution is -2.32. The molecule has 1 saturated carbocycles. The van der Waals surface area contributed by atoms with Crippen molar-refractivity contribution in [3.63, 3.8) is 0 Å². The summed E-state index contributed by atoms with van der Waals surface area (Å²) in [6.45, 7) is 0.301. The Morgan fingerprint density at radius 2 is 1.87 bits per heavy atom. The average Bonchev–Trinajstić information content (AvgIpc) is 2.98. The molecule has 1 aliphatic carbocycles. The van der Waals surface area contributed by atoms with Crippen LogP contribution < -0.4 is 0 Å². The van der Waals surface area contributed by atoms with E-state index in [9.17, 15) is 14.4 Å². The predicted octanol–water partition coefficient (Wildman–Crippen LogP) is 0.614. The van der Waals surface area contributed by atoms with Crippen LogP contribution >= 0.6 is 0 Å². The maximum Gasteiger partial charge on any atom is 0.533 e. The summed E-state index contributed by atoms with van der Waals surface area (Å²) in [5.74, 6) is -0.575. The summed E-state index contributed by atoms with van der Waals surface area (Å²) in [7, 11) is 0. The number of carbonyl (C=O) groups excluding carboxylic acids is 3. The molecule has 6 nitrogen and oxygen atoms in total. The van der Waals surface area contributed by atoms with Gasteiger partial charge in [0.1, 0.15) is 0 Å². The van der Waals surface area contributed by atoms with E-state index in [0.717, 1.165) is 12.8 Å². The minimum Gasteiger partial charge on any atom is -0.432 e. The standard InChI is InChI=1S/C9H11NO5/c11-7-3-4-8(12)10(7)15-9(13)14-5-6-1-2-6/h6H,1-5H2. The second-order valence-corrected chi connectivity index (χ2v) is 3.68. The lowest BCUT2D eigenvalue weighted by molar-refractivity contribution is -0.177. The van der Waals surface area contributed by atoms with Gasteiger partial charge in [-0.15, -0.1) is 0 Å². The first-order chi connectivity index (χ1) is 7.16. The molecule has 2 rings (SSSR count). The Morgan fingerprint density at radius 3 is 2.40 bits per heavy atom. The van der Waals surface area contributed by atoms with Crippen LogP contribution in [0.5, 0.6) is 0 Å². The van der Waals surface area contributed by atoms with Gasteiger partial charge in [0.15, 0.2) is 0 Å². The van der Waals surface area contributed by atoms with Crippen LogP contribution in [0.2, 0.25) is 0 Å². The Balaban J connectivity index is 1.76. The second kappa shape index (κ2) is 3.88. The van der Waals surface area contributed by atoms with Gasteiger partial charge in [-0.3, -0.25) is 14.4 Å². The molecular weight excluding hydrogens is 202 g/mol. The molecule has 6 heteroatoms. The van der Waals surface area contributed by atoms with Gasteiger partial charge in [0.05, 0.1) is 6.61 Å². The number of nitrogens with zero attached hydrogens (tertiary/aromatic N) is 1. The fourth-order valence-corrected chi connectivity index (χ4v) is 1.23. The summed E-state index contributed by atoms with van der Waals surface area (Å²) in [6.07, 6.45) is 1.30. The first kappa shape index (κ1) is 9.95. The van der Waals surface area contributed by atoms with E-state index >= 15 is 0 Å². The number of hydrogen-bond acceptors (Lipinski definition) is 5. The van der Waals surface area contributed by atoms with Gasteiger partial charge >= 0.3 is 6.16 Å². The maximum absolute atomic E-state index is 11.0. The highest BCUT2D eigenvalue weighted by atomic mass is 16.8. The lowest BCUT2D eigenvalue weighted by Gasteiger charge is -2.11. The Morgan fingerprint density at radius 1 is 1.27 bits per heavy atom. The van der Waals surface area contributed by atoms with Crippen molar-refractivity contribution in [3.8, 4) is 0 Å². The Kier molecular flexibility index (Phi) is 2.57. The van der Waals surface area contributed by atoms with Crippen LogP contribution in [0.1, 0.15) is 25.7 Å². The SMILES string of the molecule is O=C(OCC1CC1)ON1C(=O)CCC1=O. The van der Waals surface area contributed by atoms with Crippen molar-refractivity contribution in [2.45, 2.75) is 25.7 Å². The summed E-state index contributed by atoms with van der Waals surface area (Å²) >= 11 is 0. The molecule has 0 unspecified atom stereocenters. The van der Waals surface area contributed by atoms with Crippen molar-refractivity contribution in [3.05, 3.63) is 0 Å². The highest BCUT2D eigenvalue weighted by Crippen LogP contribution is 2.28. The molecule has 1 saturated heterocycles. The van der Waals surface area contributed by atoms with E-state index in [-0.39, 0.29) is 12.8 Å². The minimum absolute atomic E-state index is 0.0920. The van der Waals surface area contributed by atoms with Gasteiger partial charge in [0.2, 0.25) is 0 Å². The highest BCUT2D eigenvalue weighted by Gasteiger charge is 2.33. The third-order valence-corrected chi connectivity index (χ3v) is 2.31. The van der Waals surface area contributed by atoms with Crippen LogP contribution in [0.4, 0.5) is 4.79 Å². The molecule has 0 atom stereocenters. The third-order valence-electron chi connectivity index (χ3n) is 2.31. The van der Waals surface area contributed by atoms with Crippen LogP contribution in [0.25, 0.3) is 0 Å². The molecule has 2 amide bonds. The number of hydroxylamine groups is 2. The van der Waals surface area contributed by atoms with Gasteiger partial charge in [-0.2, -0.15) is 0 Å². The average molecular weight is 213 g/mol. The maximum atomic E-state index is 11.0. The van der Waals surface area contributed by atoms with Gasteiger partial charge in [0, 0.05) is 12.8 Å². The Labute approximate surface area is 86.1 Å². The van der Waals surface area contributed by atoms with E-state index in [4.69, 9.17) is 4.74 Å². The van der Waals surface area contributed by atoms with Crippen LogP contribution in [0.15, 0.2) is 0 Å². The zero-order valence-corrected chi connectivity index (χ0v) is 8.10. The van der Waals surface area contributed by atoms with E-state index < -0.39 is 18.0 Å². The number of imide groups is 1. The summed E-state index contributed by atoms with van der Waals surface area (Å²) in [6, 6.07) is 0. The molecule has 0 aromatic rings. The molecular formula is C9H11NO5. The highest BCUT2D eigenvalue weighted by molar-refractivity contribution is 6.01. The first-order valence-corrected chi connectivity index (χ1v) is 4.87. The normalized spacial score (nSPS) is 20.7. The van der Waals surface area contributed by atoms with E-state index in [2.05, 4.69) is 4.84 Å². The zero-order valence-electron chi connectivity index (χ0n) is 8.10. The molecule has 0 bridgehead atoms. The van der Waals surface area contributed by atoms with Gasteiger partial charge in [-0.05, 0) is 18.8 Å². The molecule has 0 radical (unpaired) electrons. The molecule has 82 valence electrons. The van der Waals surface area contributed by atoms with Gasteiger partial charge < -0.3 is 4.74 Å². The molecule has 0 aromatic heterocycles. The number of rotatable bonds is 3. The van der Waals surface area contributed by atoms with Crippen LogP contribution in [0.3, 0.4) is 0 Å². The largest absolute Gasteiger partial charge is 0.533 e. The summed E-state index contributed by atoms with van der Waals surface area (Å²) < 4.78 is 4.72. The minimum atomic E-state index is -0.981. The Hall–Kier alpha value is -1.59. The van der Waals surface area contributed by atoms with E-state index in [1.54, 1.807) is 0 Å². The first-order valence-electron chi connectivity index (χ1n) is 4.87. The molecule has 1 aliphatic heterocycles. The zero-order chi connectivity index (χ0) is 10.8. The quantitative estimate of drug-likeness (QED) is 0.507. The Bertz CT molecular complexity index is 294. The third kappa shape index (κ3) is 2.45. The number of carbonyl (C=O) groups is 3. The fourth-order valence-electron chi connectivity index (χ4n) is 1.23. The predicted molar refractivity (Wildman–Crippen MR) is 46.2 cm³/mol. The number of hydrogen-bond donors (Lipinski definition) is 0. The van der Waals surface area contributed by atoms with Gasteiger partial charge in [-0.25, -0.2) is 4.79 Å². The van der Waals surface area contributed by atoms with Gasteiger partial charge in [-0.1, -0.05) is 5.06 Å². The van der Waals surface area contributed by atoms with Gasteiger partial charge in [0.25, 0.3) is 11.8 Å². The molecule has 2 fully saturated rings. The summed E-state index contributed by atoms with van der Waals surface area (Å²) in [5, 5.41) is 0.481. The second-order valence-electron chi connectivity index (χ2n) is 3.68. The van der Waals surface area contributed by atoms with E-state index in [0.29, 0.717) is 17.6 Å². The van der Waals surface area contributed by atoms with Crippen LogP contribution in [-0.2, 0) is 19.2 Å². The molecule has 0 N–H and O–H groups in total. The smallest absolute Gasteiger partial charge is 0.432 e. The topological polar surface area (TPSA) is 72.9 Å². The van der Waals surface area contributed by atoms with E-state index in [1.807, 2.05) is 0 Å². The van der Waals surface area contributed by atoms with Crippen molar-refractivity contribution in [1.29, 1.82) is 0 Å². The molecule has 15 heavy (non-hydrogen) atoms. The van der Waals surface area contributed by atoms with Crippen molar-refractivity contribution >= 4 is 18.0 Å². The monoisotopic (exact) mass is 213 g/mol. The molecule has 0 spiro atoms. The molecule has 2 aliphatic rings. The van der Waals surface area contributed by atoms with Crippen molar-refractivity contribution in [1.82, 2.24) is 5.06 Å².